The van der Waals surface area contributed by atoms with Crippen molar-refractivity contribution < 1.29 is 8.42 Å². The van der Waals surface area contributed by atoms with Crippen LogP contribution in [0, 0.1) is 17.2 Å². The van der Waals surface area contributed by atoms with Crippen molar-refractivity contribution in [2.45, 2.75) is 24.2 Å². The van der Waals surface area contributed by atoms with Crippen molar-refractivity contribution in [3.8, 4) is 6.07 Å². The molecule has 0 atom stereocenters. The quantitative estimate of drug-likeness (QED) is 0.858. The van der Waals surface area contributed by atoms with E-state index in [1.807, 2.05) is 6.07 Å². The Balaban J connectivity index is 2.25. The van der Waals surface area contributed by atoms with Crippen molar-refractivity contribution in [2.75, 3.05) is 13.6 Å². The van der Waals surface area contributed by atoms with Gasteiger partial charge in [-0.3, -0.25) is 0 Å². The summed E-state index contributed by atoms with van der Waals surface area (Å²) in [5.74, 6) is 0.455. The summed E-state index contributed by atoms with van der Waals surface area (Å²) >= 11 is 5.96. The van der Waals surface area contributed by atoms with Crippen LogP contribution in [0.4, 0.5) is 0 Å². The molecular weight excluding hydrogens is 284 g/mol. The Bertz CT molecular complexity index is 618. The lowest BCUT2D eigenvalue weighted by molar-refractivity contribution is 0.263. The molecule has 0 bridgehead atoms. The van der Waals surface area contributed by atoms with E-state index in [4.69, 9.17) is 16.9 Å². The van der Waals surface area contributed by atoms with Crippen molar-refractivity contribution in [1.29, 1.82) is 5.26 Å². The SMILES string of the molecule is CN(CC1CCC1)S(=O)(=O)c1ccc(C#N)cc1Cl. The first kappa shape index (κ1) is 14.3. The first-order chi connectivity index (χ1) is 8.95. The summed E-state index contributed by atoms with van der Waals surface area (Å²) in [6, 6.07) is 6.18. The highest BCUT2D eigenvalue weighted by Crippen LogP contribution is 2.30. The van der Waals surface area contributed by atoms with Crippen LogP contribution in [0.5, 0.6) is 0 Å². The highest BCUT2D eigenvalue weighted by Gasteiger charge is 2.28. The van der Waals surface area contributed by atoms with Crippen LogP contribution in [0.25, 0.3) is 0 Å². The van der Waals surface area contributed by atoms with Gasteiger partial charge in [0, 0.05) is 13.6 Å². The van der Waals surface area contributed by atoms with Crippen molar-refractivity contribution in [3.63, 3.8) is 0 Å². The molecule has 0 saturated heterocycles. The van der Waals surface area contributed by atoms with Crippen LogP contribution < -0.4 is 0 Å². The molecule has 1 fully saturated rings. The second-order valence-electron chi connectivity index (χ2n) is 4.84. The zero-order valence-electron chi connectivity index (χ0n) is 10.6. The van der Waals surface area contributed by atoms with Gasteiger partial charge in [0.2, 0.25) is 10.0 Å². The van der Waals surface area contributed by atoms with E-state index in [0.717, 1.165) is 12.8 Å². The number of hydrogen-bond acceptors (Lipinski definition) is 3. The highest BCUT2D eigenvalue weighted by atomic mass is 35.5. The third-order valence-corrected chi connectivity index (χ3v) is 5.80. The molecule has 19 heavy (non-hydrogen) atoms. The molecule has 0 amide bonds. The van der Waals surface area contributed by atoms with E-state index in [2.05, 4.69) is 0 Å². The summed E-state index contributed by atoms with van der Waals surface area (Å²) < 4.78 is 26.1. The van der Waals surface area contributed by atoms with E-state index in [-0.39, 0.29) is 9.92 Å². The number of nitriles is 1. The smallest absolute Gasteiger partial charge is 0.207 e. The van der Waals surface area contributed by atoms with Gasteiger partial charge in [-0.25, -0.2) is 12.7 Å². The average Bonchev–Trinajstić information content (AvgIpc) is 2.32. The van der Waals surface area contributed by atoms with E-state index in [0.29, 0.717) is 18.0 Å². The van der Waals surface area contributed by atoms with Crippen LogP contribution in [0.3, 0.4) is 0 Å². The van der Waals surface area contributed by atoms with Crippen LogP contribution in [-0.4, -0.2) is 26.3 Å². The van der Waals surface area contributed by atoms with Crippen molar-refractivity contribution >= 4 is 21.6 Å². The zero-order chi connectivity index (χ0) is 14.0. The van der Waals surface area contributed by atoms with Gasteiger partial charge in [-0.1, -0.05) is 18.0 Å². The van der Waals surface area contributed by atoms with Gasteiger partial charge < -0.3 is 0 Å². The van der Waals surface area contributed by atoms with Crippen LogP contribution in [0.1, 0.15) is 24.8 Å². The molecule has 1 saturated carbocycles. The Hall–Kier alpha value is -1.09. The molecule has 4 nitrogen and oxygen atoms in total. The predicted molar refractivity (Wildman–Crippen MR) is 73.3 cm³/mol. The third kappa shape index (κ3) is 2.92. The Labute approximate surface area is 118 Å². The predicted octanol–water partition coefficient (Wildman–Crippen LogP) is 2.63. The second-order valence-corrected chi connectivity index (χ2v) is 7.26. The molecule has 1 aromatic carbocycles. The Morgan fingerprint density at radius 3 is 2.63 bits per heavy atom. The van der Waals surface area contributed by atoms with Crippen molar-refractivity contribution in [3.05, 3.63) is 28.8 Å². The van der Waals surface area contributed by atoms with Crippen LogP contribution in [0.15, 0.2) is 23.1 Å². The first-order valence-electron chi connectivity index (χ1n) is 6.11. The fraction of sp³-hybridized carbons (Fsp3) is 0.462. The van der Waals surface area contributed by atoms with Crippen LogP contribution in [-0.2, 0) is 10.0 Å². The maximum absolute atomic E-state index is 12.4. The molecule has 0 N–H and O–H groups in total. The summed E-state index contributed by atoms with van der Waals surface area (Å²) in [6.07, 6.45) is 3.35. The van der Waals surface area contributed by atoms with Crippen LogP contribution in [0.2, 0.25) is 5.02 Å². The number of hydrogen-bond donors (Lipinski definition) is 0. The van der Waals surface area contributed by atoms with Crippen molar-refractivity contribution in [1.82, 2.24) is 4.31 Å². The van der Waals surface area contributed by atoms with Gasteiger partial charge >= 0.3 is 0 Å². The minimum Gasteiger partial charge on any atom is -0.207 e. The third-order valence-electron chi connectivity index (χ3n) is 3.49. The monoisotopic (exact) mass is 298 g/mol. The summed E-state index contributed by atoms with van der Waals surface area (Å²) in [7, 11) is -2.00. The minimum atomic E-state index is -3.57. The van der Waals surface area contributed by atoms with Gasteiger partial charge in [0.1, 0.15) is 4.90 Å². The Morgan fingerprint density at radius 1 is 1.47 bits per heavy atom. The number of halogens is 1. The van der Waals surface area contributed by atoms with E-state index in [1.54, 1.807) is 7.05 Å². The van der Waals surface area contributed by atoms with Gasteiger partial charge in [0.05, 0.1) is 16.7 Å². The molecule has 6 heteroatoms. The molecule has 0 spiro atoms. The van der Waals surface area contributed by atoms with Gasteiger partial charge in [-0.15, -0.1) is 0 Å². The Kier molecular flexibility index (Phi) is 4.14. The van der Waals surface area contributed by atoms with Gasteiger partial charge in [-0.05, 0) is 37.0 Å². The minimum absolute atomic E-state index is 0.0648. The summed E-state index contributed by atoms with van der Waals surface area (Å²) in [6.45, 7) is 0.526. The molecule has 2 rings (SSSR count). The lowest BCUT2D eigenvalue weighted by atomic mass is 9.86. The fourth-order valence-corrected chi connectivity index (χ4v) is 3.85. The van der Waals surface area contributed by atoms with Gasteiger partial charge in [-0.2, -0.15) is 5.26 Å². The molecule has 0 heterocycles. The van der Waals surface area contributed by atoms with E-state index in [9.17, 15) is 8.42 Å². The number of nitrogens with zero attached hydrogens (tertiary/aromatic N) is 2. The van der Waals surface area contributed by atoms with Gasteiger partial charge in [0.25, 0.3) is 0 Å². The number of benzene rings is 1. The summed E-state index contributed by atoms with van der Waals surface area (Å²) in [4.78, 5) is 0.0648. The molecule has 1 aliphatic rings. The Morgan fingerprint density at radius 2 is 2.16 bits per heavy atom. The lowest BCUT2D eigenvalue weighted by Crippen LogP contribution is -2.34. The average molecular weight is 299 g/mol. The molecule has 102 valence electrons. The number of rotatable bonds is 4. The number of sulfonamides is 1. The van der Waals surface area contributed by atoms with Crippen molar-refractivity contribution in [2.24, 2.45) is 5.92 Å². The van der Waals surface area contributed by atoms with E-state index in [1.165, 1.54) is 28.9 Å². The van der Waals surface area contributed by atoms with Crippen LogP contribution >= 0.6 is 11.6 Å². The topological polar surface area (TPSA) is 61.2 Å². The van der Waals surface area contributed by atoms with E-state index >= 15 is 0 Å². The summed E-state index contributed by atoms with van der Waals surface area (Å²) in [5, 5.41) is 8.85. The maximum Gasteiger partial charge on any atom is 0.244 e. The zero-order valence-corrected chi connectivity index (χ0v) is 12.2. The maximum atomic E-state index is 12.4. The normalized spacial score (nSPS) is 16.1. The summed E-state index contributed by atoms with van der Waals surface area (Å²) in [5.41, 5.74) is 0.352. The largest absolute Gasteiger partial charge is 0.244 e. The lowest BCUT2D eigenvalue weighted by Gasteiger charge is -2.29. The molecule has 1 aromatic rings. The molecule has 0 unspecified atom stereocenters. The van der Waals surface area contributed by atoms with E-state index < -0.39 is 10.0 Å². The molecule has 1 aliphatic carbocycles. The molecule has 0 aromatic heterocycles. The highest BCUT2D eigenvalue weighted by molar-refractivity contribution is 7.89. The molecule has 0 aliphatic heterocycles. The standard InChI is InChI=1S/C13H15ClN2O2S/c1-16(9-10-3-2-4-10)19(17,18)13-6-5-11(8-15)7-12(13)14/h5-7,10H,2-4,9H2,1H3. The molecular formula is C13H15ClN2O2S. The van der Waals surface area contributed by atoms with Gasteiger partial charge in [0.15, 0.2) is 0 Å². The fourth-order valence-electron chi connectivity index (χ4n) is 2.08. The molecule has 0 radical (unpaired) electrons. The first-order valence-corrected chi connectivity index (χ1v) is 7.93. The second kappa shape index (κ2) is 5.49.